The summed E-state index contributed by atoms with van der Waals surface area (Å²) in [6.07, 6.45) is 4.37. The molecule has 0 heterocycles. The zero-order valence-corrected chi connectivity index (χ0v) is 21.8. The lowest BCUT2D eigenvalue weighted by atomic mass is 9.41. The number of aliphatic hydroxyl groups excluding tert-OH is 3. The summed E-state index contributed by atoms with van der Waals surface area (Å²) in [6, 6.07) is 0. The maximum Gasteiger partial charge on any atom is 0.0987 e. The van der Waals surface area contributed by atoms with E-state index in [2.05, 4.69) is 41.5 Å². The molecule has 0 saturated heterocycles. The van der Waals surface area contributed by atoms with Crippen LogP contribution in [0, 0.1) is 46.3 Å². The Kier molecular flexibility index (Phi) is 6.62. The van der Waals surface area contributed by atoms with Crippen molar-refractivity contribution < 1.29 is 25.5 Å². The van der Waals surface area contributed by atoms with E-state index in [0.717, 1.165) is 38.5 Å². The summed E-state index contributed by atoms with van der Waals surface area (Å²) in [5.41, 5.74) is -3.35. The highest BCUT2D eigenvalue weighted by Crippen LogP contribution is 2.70. The number of rotatable bonds is 5. The average molecular weight is 467 g/mol. The summed E-state index contributed by atoms with van der Waals surface area (Å²) in [5, 5.41) is 57.5. The molecule has 4 saturated carbocycles. The SMILES string of the molecule is CC(C)C(C)CCC(C)C1(O)C(O)CC2C3(O)C(O)CC4CC(O)CCC4(C)C3CCC21C. The first-order chi connectivity index (χ1) is 15.2. The fourth-order valence-corrected chi connectivity index (χ4v) is 9.27. The molecule has 12 atom stereocenters. The van der Waals surface area contributed by atoms with Crippen LogP contribution < -0.4 is 0 Å². The molecule has 5 nitrogen and oxygen atoms in total. The second-order valence-electron chi connectivity index (χ2n) is 13.6. The van der Waals surface area contributed by atoms with E-state index in [-0.39, 0.29) is 35.2 Å². The molecule has 0 amide bonds. The molecule has 0 aromatic heterocycles. The van der Waals surface area contributed by atoms with Crippen molar-refractivity contribution in [1.29, 1.82) is 0 Å². The van der Waals surface area contributed by atoms with Crippen LogP contribution in [0.5, 0.6) is 0 Å². The standard InChI is InChI=1S/C28H50O5/c1-16(2)17(3)7-8-18(4)28(33)24(31)15-22-26(28,6)12-10-21-25(5)11-9-20(29)13-19(25)14-23(30)27(21,22)32/h16-24,29-33H,7-15H2,1-6H3. The number of hydrogen-bond donors (Lipinski definition) is 5. The third kappa shape index (κ3) is 3.50. The lowest BCUT2D eigenvalue weighted by molar-refractivity contribution is -0.284. The summed E-state index contributed by atoms with van der Waals surface area (Å²) < 4.78 is 0. The minimum atomic E-state index is -1.31. The molecule has 0 bridgehead atoms. The quantitative estimate of drug-likeness (QED) is 0.423. The lowest BCUT2D eigenvalue weighted by Gasteiger charge is -2.66. The maximum atomic E-state index is 12.4. The number of aliphatic hydroxyl groups is 5. The van der Waals surface area contributed by atoms with Gasteiger partial charge in [0.1, 0.15) is 0 Å². The molecule has 33 heavy (non-hydrogen) atoms. The predicted molar refractivity (Wildman–Crippen MR) is 129 cm³/mol. The van der Waals surface area contributed by atoms with Gasteiger partial charge in [0.05, 0.1) is 29.5 Å². The van der Waals surface area contributed by atoms with Gasteiger partial charge in [0.2, 0.25) is 0 Å². The monoisotopic (exact) mass is 466 g/mol. The van der Waals surface area contributed by atoms with E-state index in [1.165, 1.54) is 0 Å². The fourth-order valence-electron chi connectivity index (χ4n) is 9.27. The Labute approximate surface area is 201 Å². The molecule has 0 radical (unpaired) electrons. The van der Waals surface area contributed by atoms with E-state index < -0.39 is 28.8 Å². The van der Waals surface area contributed by atoms with Crippen molar-refractivity contribution in [2.75, 3.05) is 0 Å². The largest absolute Gasteiger partial charge is 0.393 e. The Bertz CT molecular complexity index is 727. The minimum absolute atomic E-state index is 0.0739. The zero-order valence-electron chi connectivity index (χ0n) is 21.8. The first-order valence-electron chi connectivity index (χ1n) is 13.7. The molecule has 192 valence electrons. The average Bonchev–Trinajstić information content (AvgIpc) is 2.96. The molecule has 4 fully saturated rings. The van der Waals surface area contributed by atoms with Gasteiger partial charge in [-0.1, -0.05) is 48.0 Å². The molecule has 4 rings (SSSR count). The van der Waals surface area contributed by atoms with Gasteiger partial charge in [-0.05, 0) is 86.4 Å². The van der Waals surface area contributed by atoms with E-state index in [1.807, 2.05) is 0 Å². The van der Waals surface area contributed by atoms with Gasteiger partial charge in [0.25, 0.3) is 0 Å². The highest BCUT2D eigenvalue weighted by molar-refractivity contribution is 5.24. The summed E-state index contributed by atoms with van der Waals surface area (Å²) in [4.78, 5) is 0. The first-order valence-corrected chi connectivity index (χ1v) is 13.7. The van der Waals surface area contributed by atoms with Crippen LogP contribution in [0.1, 0.15) is 99.3 Å². The first kappa shape index (κ1) is 25.9. The van der Waals surface area contributed by atoms with Crippen LogP contribution >= 0.6 is 0 Å². The smallest absolute Gasteiger partial charge is 0.0987 e. The highest BCUT2D eigenvalue weighted by atomic mass is 16.4. The van der Waals surface area contributed by atoms with E-state index >= 15 is 0 Å². The molecule has 0 spiro atoms. The number of fused-ring (bicyclic) bond motifs is 5. The third-order valence-electron chi connectivity index (χ3n) is 12.0. The Morgan fingerprint density at radius 3 is 2.09 bits per heavy atom. The maximum absolute atomic E-state index is 12.4. The summed E-state index contributed by atoms with van der Waals surface area (Å²) >= 11 is 0. The Hall–Kier alpha value is -0.200. The van der Waals surface area contributed by atoms with Gasteiger partial charge in [0.15, 0.2) is 0 Å². The summed E-state index contributed by atoms with van der Waals surface area (Å²) in [7, 11) is 0. The van der Waals surface area contributed by atoms with Crippen LogP contribution in [-0.2, 0) is 0 Å². The lowest BCUT2D eigenvalue weighted by Crippen LogP contribution is -2.71. The fraction of sp³-hybridized carbons (Fsp3) is 1.00. The highest BCUT2D eigenvalue weighted by Gasteiger charge is 2.75. The van der Waals surface area contributed by atoms with E-state index in [1.54, 1.807) is 0 Å². The molecule has 5 N–H and O–H groups in total. The van der Waals surface area contributed by atoms with Crippen LogP contribution in [0.2, 0.25) is 0 Å². The topological polar surface area (TPSA) is 101 Å². The minimum Gasteiger partial charge on any atom is -0.393 e. The second kappa shape index (κ2) is 8.44. The van der Waals surface area contributed by atoms with E-state index in [4.69, 9.17) is 0 Å². The van der Waals surface area contributed by atoms with Gasteiger partial charge < -0.3 is 25.5 Å². The van der Waals surface area contributed by atoms with Crippen LogP contribution in [0.3, 0.4) is 0 Å². The second-order valence-corrected chi connectivity index (χ2v) is 13.6. The molecule has 0 aromatic rings. The van der Waals surface area contributed by atoms with Gasteiger partial charge >= 0.3 is 0 Å². The van der Waals surface area contributed by atoms with Gasteiger partial charge in [-0.15, -0.1) is 0 Å². The Morgan fingerprint density at radius 2 is 1.45 bits per heavy atom. The molecular formula is C28H50O5. The van der Waals surface area contributed by atoms with Gasteiger partial charge in [-0.2, -0.15) is 0 Å². The van der Waals surface area contributed by atoms with Gasteiger partial charge in [-0.25, -0.2) is 0 Å². The normalized spacial score (nSPS) is 53.8. The van der Waals surface area contributed by atoms with Gasteiger partial charge in [-0.3, -0.25) is 0 Å². The third-order valence-corrected chi connectivity index (χ3v) is 12.0. The van der Waals surface area contributed by atoms with Crippen molar-refractivity contribution in [2.24, 2.45) is 46.3 Å². The molecule has 0 aromatic carbocycles. The summed E-state index contributed by atoms with van der Waals surface area (Å²) in [6.45, 7) is 13.1. The van der Waals surface area contributed by atoms with Crippen molar-refractivity contribution in [1.82, 2.24) is 0 Å². The van der Waals surface area contributed by atoms with Gasteiger partial charge in [0, 0.05) is 11.3 Å². The van der Waals surface area contributed by atoms with Crippen molar-refractivity contribution in [3.63, 3.8) is 0 Å². The summed E-state index contributed by atoms with van der Waals surface area (Å²) in [5.74, 6) is 0.838. The van der Waals surface area contributed by atoms with Crippen LogP contribution in [0.15, 0.2) is 0 Å². The number of hydrogen-bond acceptors (Lipinski definition) is 5. The molecule has 4 aliphatic rings. The molecule has 0 aliphatic heterocycles. The van der Waals surface area contributed by atoms with Crippen LogP contribution in [0.4, 0.5) is 0 Å². The molecule has 5 heteroatoms. The van der Waals surface area contributed by atoms with Crippen molar-refractivity contribution in [3.05, 3.63) is 0 Å². The molecule has 4 aliphatic carbocycles. The Balaban J connectivity index is 1.65. The Morgan fingerprint density at radius 1 is 0.788 bits per heavy atom. The predicted octanol–water partition coefficient (Wildman–Crippen LogP) is 3.89. The van der Waals surface area contributed by atoms with Crippen molar-refractivity contribution in [2.45, 2.75) is 129 Å². The van der Waals surface area contributed by atoms with Crippen molar-refractivity contribution in [3.8, 4) is 0 Å². The van der Waals surface area contributed by atoms with Crippen molar-refractivity contribution >= 4 is 0 Å². The molecule has 12 unspecified atom stereocenters. The molecular weight excluding hydrogens is 416 g/mol. The van der Waals surface area contributed by atoms with Crippen LogP contribution in [0.25, 0.3) is 0 Å². The zero-order chi connectivity index (χ0) is 24.6. The van der Waals surface area contributed by atoms with E-state index in [0.29, 0.717) is 31.1 Å². The van der Waals surface area contributed by atoms with E-state index in [9.17, 15) is 25.5 Å². The van der Waals surface area contributed by atoms with Crippen LogP contribution in [-0.4, -0.2) is 55.0 Å².